The summed E-state index contributed by atoms with van der Waals surface area (Å²) in [6.45, 7) is 7.21. The average Bonchev–Trinajstić information content (AvgIpc) is 2.20. The van der Waals surface area contributed by atoms with Gasteiger partial charge in [-0.05, 0) is 0 Å². The van der Waals surface area contributed by atoms with E-state index in [4.69, 9.17) is 14.2 Å². The molecule has 0 heterocycles. The molecule has 4 heteroatoms. The van der Waals surface area contributed by atoms with Crippen LogP contribution in [0.2, 0.25) is 10.0 Å². The molecule has 0 aromatic carbocycles. The summed E-state index contributed by atoms with van der Waals surface area (Å²) in [6.07, 6.45) is 0. The summed E-state index contributed by atoms with van der Waals surface area (Å²) in [4.78, 5) is 0. The molecular formula is C10H24O3Zn. The summed E-state index contributed by atoms with van der Waals surface area (Å²) in [5.74, 6) is 0. The molecule has 3 nitrogen and oxygen atoms in total. The molecule has 0 bridgehead atoms. The molecule has 0 atom stereocenters. The predicted octanol–water partition coefficient (Wildman–Crippen LogP) is 2.24. The van der Waals surface area contributed by atoms with E-state index in [1.54, 1.807) is 14.2 Å². The van der Waals surface area contributed by atoms with Crippen LogP contribution in [0.3, 0.4) is 0 Å². The van der Waals surface area contributed by atoms with Crippen molar-refractivity contribution in [2.24, 2.45) is 0 Å². The standard InChI is InChI=1S/C6H14O3.2C2H5.Zn/c1-7-3-5-9-6-4-8-2;2*1-2;/h3-6H2,1-2H3;2*1H2,2H3;. The molecule has 0 spiro atoms. The molecule has 84 valence electrons. The second-order valence-corrected chi connectivity index (χ2v) is 8.63. The molecule has 14 heavy (non-hydrogen) atoms. The van der Waals surface area contributed by atoms with Crippen LogP contribution in [0.1, 0.15) is 13.8 Å². The molecule has 0 amide bonds. The van der Waals surface area contributed by atoms with E-state index >= 15 is 0 Å². The molecule has 0 aromatic rings. The molecule has 0 aromatic heterocycles. The van der Waals surface area contributed by atoms with Crippen LogP contribution in [0.5, 0.6) is 0 Å². The Morgan fingerprint density at radius 3 is 1.43 bits per heavy atom. The van der Waals surface area contributed by atoms with Crippen LogP contribution in [-0.2, 0) is 31.3 Å². The Kier molecular flexibility index (Phi) is 23.1. The van der Waals surface area contributed by atoms with E-state index in [0.29, 0.717) is 26.4 Å². The van der Waals surface area contributed by atoms with E-state index < -0.39 is 0 Å². The summed E-state index contributed by atoms with van der Waals surface area (Å²) < 4.78 is 14.6. The Labute approximate surface area is 96.1 Å². The van der Waals surface area contributed by atoms with Crippen LogP contribution in [0, 0.1) is 0 Å². The Bertz CT molecular complexity index is 73.8. The van der Waals surface area contributed by atoms with E-state index in [9.17, 15) is 0 Å². The average molecular weight is 258 g/mol. The van der Waals surface area contributed by atoms with Crippen LogP contribution in [-0.4, -0.2) is 40.6 Å². The van der Waals surface area contributed by atoms with Crippen molar-refractivity contribution in [2.75, 3.05) is 40.6 Å². The van der Waals surface area contributed by atoms with Crippen LogP contribution in [0.4, 0.5) is 0 Å². The molecule has 0 fully saturated rings. The number of ether oxygens (including phenoxy) is 3. The van der Waals surface area contributed by atoms with Gasteiger partial charge in [0.05, 0.1) is 26.4 Å². The fraction of sp³-hybridized carbons (Fsp3) is 1.00. The van der Waals surface area contributed by atoms with E-state index in [1.165, 1.54) is 10.0 Å². The van der Waals surface area contributed by atoms with Crippen molar-refractivity contribution >= 4 is 0 Å². The van der Waals surface area contributed by atoms with E-state index in [0.717, 1.165) is 0 Å². The molecule has 0 unspecified atom stereocenters. The van der Waals surface area contributed by atoms with Gasteiger partial charge in [0.2, 0.25) is 0 Å². The Hall–Kier alpha value is 0.503. The first-order chi connectivity index (χ1) is 6.83. The van der Waals surface area contributed by atoms with Gasteiger partial charge < -0.3 is 14.2 Å². The van der Waals surface area contributed by atoms with Gasteiger partial charge in [0.25, 0.3) is 0 Å². The Balaban J connectivity index is 0. The molecule has 0 radical (unpaired) electrons. The predicted molar refractivity (Wildman–Crippen MR) is 55.5 cm³/mol. The first kappa shape index (κ1) is 16.9. The van der Waals surface area contributed by atoms with E-state index in [2.05, 4.69) is 13.8 Å². The van der Waals surface area contributed by atoms with Gasteiger partial charge in [0.15, 0.2) is 0 Å². The van der Waals surface area contributed by atoms with Crippen LogP contribution in [0.25, 0.3) is 0 Å². The molecule has 0 N–H and O–H groups in total. The van der Waals surface area contributed by atoms with Crippen molar-refractivity contribution in [1.82, 2.24) is 0 Å². The maximum absolute atomic E-state index is 5.06. The topological polar surface area (TPSA) is 27.7 Å². The normalized spacial score (nSPS) is 8.86. The zero-order chi connectivity index (χ0) is 11.1. The quantitative estimate of drug-likeness (QED) is 0.493. The van der Waals surface area contributed by atoms with Gasteiger partial charge in [0.1, 0.15) is 0 Å². The van der Waals surface area contributed by atoms with Crippen molar-refractivity contribution in [2.45, 2.75) is 23.9 Å². The number of methoxy groups -OCH3 is 2. The first-order valence-electron chi connectivity index (χ1n) is 5.39. The third-order valence-electron chi connectivity index (χ3n) is 1.57. The second-order valence-electron chi connectivity index (χ2n) is 2.95. The van der Waals surface area contributed by atoms with Gasteiger partial charge >= 0.3 is 41.0 Å². The molecule has 0 aliphatic heterocycles. The van der Waals surface area contributed by atoms with Gasteiger partial charge in [0, 0.05) is 14.2 Å². The third-order valence-corrected chi connectivity index (χ3v) is 4.54. The SMILES string of the molecule is COCCOCCOC.C[CH2][Zn][CH2]C. The summed E-state index contributed by atoms with van der Waals surface area (Å²) in [5.41, 5.74) is 0. The van der Waals surface area contributed by atoms with Crippen molar-refractivity contribution in [1.29, 1.82) is 0 Å². The molecule has 0 aliphatic rings. The Morgan fingerprint density at radius 2 is 1.21 bits per heavy atom. The minimum absolute atomic E-state index is 0.0972. The zero-order valence-electron chi connectivity index (χ0n) is 10.2. The van der Waals surface area contributed by atoms with Crippen LogP contribution in [0.15, 0.2) is 0 Å². The molecule has 0 saturated carbocycles. The van der Waals surface area contributed by atoms with Crippen molar-refractivity contribution < 1.29 is 31.3 Å². The van der Waals surface area contributed by atoms with Gasteiger partial charge in [-0.15, -0.1) is 0 Å². The second kappa shape index (κ2) is 19.1. The van der Waals surface area contributed by atoms with E-state index in [1.807, 2.05) is 0 Å². The van der Waals surface area contributed by atoms with Gasteiger partial charge in [-0.2, -0.15) is 0 Å². The molecule has 0 saturated heterocycles. The van der Waals surface area contributed by atoms with Gasteiger partial charge in [-0.1, -0.05) is 0 Å². The van der Waals surface area contributed by atoms with Crippen molar-refractivity contribution in [3.63, 3.8) is 0 Å². The summed E-state index contributed by atoms with van der Waals surface area (Å²) in [5, 5.41) is 3.06. The van der Waals surface area contributed by atoms with Crippen LogP contribution >= 0.6 is 0 Å². The van der Waals surface area contributed by atoms with Crippen molar-refractivity contribution in [3.05, 3.63) is 0 Å². The van der Waals surface area contributed by atoms with Gasteiger partial charge in [-0.25, -0.2) is 0 Å². The number of rotatable bonds is 8. The zero-order valence-corrected chi connectivity index (χ0v) is 13.1. The van der Waals surface area contributed by atoms with Gasteiger partial charge in [-0.3, -0.25) is 0 Å². The molecule has 0 aliphatic carbocycles. The third kappa shape index (κ3) is 22.9. The van der Waals surface area contributed by atoms with Crippen LogP contribution < -0.4 is 0 Å². The van der Waals surface area contributed by atoms with E-state index in [-0.39, 0.29) is 17.1 Å². The maximum atomic E-state index is 5.06. The Morgan fingerprint density at radius 1 is 0.786 bits per heavy atom. The fourth-order valence-corrected chi connectivity index (χ4v) is 2.22. The number of hydrogen-bond acceptors (Lipinski definition) is 3. The molecular weight excluding hydrogens is 233 g/mol. The summed E-state index contributed by atoms with van der Waals surface area (Å²) in [7, 11) is 3.30. The van der Waals surface area contributed by atoms with Crippen molar-refractivity contribution in [3.8, 4) is 0 Å². The first-order valence-corrected chi connectivity index (χ1v) is 9.58. The fourth-order valence-electron chi connectivity index (χ4n) is 0.740. The monoisotopic (exact) mass is 256 g/mol. The minimum atomic E-state index is 0.0972. The molecule has 0 rings (SSSR count). The summed E-state index contributed by atoms with van der Waals surface area (Å²) in [6, 6.07) is 0. The summed E-state index contributed by atoms with van der Waals surface area (Å²) >= 11 is 0.0972. The number of hydrogen-bond donors (Lipinski definition) is 0.